The Kier molecular flexibility index (Phi) is 6.04. The number of rotatable bonds is 5. The Bertz CT molecular complexity index is 200. The van der Waals surface area contributed by atoms with Crippen molar-refractivity contribution in [1.29, 1.82) is 0 Å². The highest BCUT2D eigenvalue weighted by Gasteiger charge is 2.09. The topological polar surface area (TPSA) is 99.1 Å². The summed E-state index contributed by atoms with van der Waals surface area (Å²) in [6.45, 7) is -1.99. The van der Waals surface area contributed by atoms with Crippen LogP contribution in [0.25, 0.3) is 0 Å². The summed E-state index contributed by atoms with van der Waals surface area (Å²) in [5, 5.41) is 8.20. The average molecular weight is 206 g/mol. The predicted molar refractivity (Wildman–Crippen MR) is 41.0 cm³/mol. The van der Waals surface area contributed by atoms with Gasteiger partial charge in [0.1, 0.15) is 6.61 Å². The quantitative estimate of drug-likeness (QED) is 0.420. The monoisotopic (exact) mass is 206 g/mol. The Hall–Kier alpha value is -1.63. The molecule has 0 rings (SSSR count). The second-order valence-corrected chi connectivity index (χ2v) is 2.06. The summed E-state index contributed by atoms with van der Waals surface area (Å²) in [6, 6.07) is 0. The number of hydrogen-bond donors (Lipinski definition) is 1. The smallest absolute Gasteiger partial charge is 0.344 e. The summed E-state index contributed by atoms with van der Waals surface area (Å²) in [5.41, 5.74) is 0. The van der Waals surface area contributed by atoms with Gasteiger partial charge in [-0.05, 0) is 0 Å². The number of aliphatic hydroxyl groups excluding tert-OH is 1. The maximum absolute atomic E-state index is 10.7. The summed E-state index contributed by atoms with van der Waals surface area (Å²) < 4.78 is 12.7. The van der Waals surface area contributed by atoms with Crippen molar-refractivity contribution in [2.24, 2.45) is 0 Å². The molecule has 0 saturated carbocycles. The van der Waals surface area contributed by atoms with Crippen LogP contribution in [0.2, 0.25) is 0 Å². The number of carbonyl (C=O) groups excluding carboxylic acids is 3. The van der Waals surface area contributed by atoms with Crippen LogP contribution in [-0.2, 0) is 28.6 Å². The van der Waals surface area contributed by atoms with Crippen LogP contribution in [-0.4, -0.2) is 49.9 Å². The van der Waals surface area contributed by atoms with Gasteiger partial charge in [-0.25, -0.2) is 14.4 Å². The van der Waals surface area contributed by atoms with Crippen molar-refractivity contribution in [3.8, 4) is 0 Å². The molecule has 0 aliphatic heterocycles. The van der Waals surface area contributed by atoms with Crippen LogP contribution >= 0.6 is 0 Å². The van der Waals surface area contributed by atoms with Crippen molar-refractivity contribution < 1.29 is 33.7 Å². The van der Waals surface area contributed by atoms with Crippen molar-refractivity contribution in [1.82, 2.24) is 0 Å². The van der Waals surface area contributed by atoms with E-state index in [0.29, 0.717) is 0 Å². The van der Waals surface area contributed by atoms with E-state index in [-0.39, 0.29) is 0 Å². The summed E-state index contributed by atoms with van der Waals surface area (Å²) in [7, 11) is 1.14. The molecule has 7 heteroatoms. The van der Waals surface area contributed by atoms with E-state index >= 15 is 0 Å². The molecule has 0 amide bonds. The Morgan fingerprint density at radius 1 is 1.00 bits per heavy atom. The molecular formula is C7H10O7. The molecule has 0 fully saturated rings. The minimum absolute atomic E-state index is 0.536. The first-order chi connectivity index (χ1) is 6.60. The minimum Gasteiger partial charge on any atom is -0.466 e. The summed E-state index contributed by atoms with van der Waals surface area (Å²) >= 11 is 0. The fourth-order valence-electron chi connectivity index (χ4n) is 0.425. The van der Waals surface area contributed by atoms with Gasteiger partial charge in [-0.15, -0.1) is 0 Å². The van der Waals surface area contributed by atoms with Gasteiger partial charge in [0, 0.05) is 0 Å². The lowest BCUT2D eigenvalue weighted by atomic mass is 10.6. The number of esters is 3. The molecule has 0 heterocycles. The second-order valence-electron chi connectivity index (χ2n) is 2.06. The molecular weight excluding hydrogens is 196 g/mol. The van der Waals surface area contributed by atoms with Crippen molar-refractivity contribution >= 4 is 17.9 Å². The molecule has 0 unspecified atom stereocenters. The third-order valence-corrected chi connectivity index (χ3v) is 1.06. The van der Waals surface area contributed by atoms with Crippen LogP contribution in [0.5, 0.6) is 0 Å². The van der Waals surface area contributed by atoms with Crippen LogP contribution in [0.1, 0.15) is 0 Å². The maximum Gasteiger partial charge on any atom is 0.344 e. The Balaban J connectivity index is 3.56. The second kappa shape index (κ2) is 6.84. The lowest BCUT2D eigenvalue weighted by molar-refractivity contribution is -0.164. The standard InChI is InChI=1S/C7H10O7/c1-12-6(10)3-14-7(11)4-13-5(9)2-8/h8H,2-4H2,1H3. The van der Waals surface area contributed by atoms with Gasteiger partial charge >= 0.3 is 17.9 Å². The van der Waals surface area contributed by atoms with Crippen LogP contribution in [0.15, 0.2) is 0 Å². The molecule has 0 atom stereocenters. The lowest BCUT2D eigenvalue weighted by Gasteiger charge is -2.03. The largest absolute Gasteiger partial charge is 0.466 e. The summed E-state index contributed by atoms with van der Waals surface area (Å²) in [5.74, 6) is -2.55. The lowest BCUT2D eigenvalue weighted by Crippen LogP contribution is -2.21. The van der Waals surface area contributed by atoms with E-state index in [1.165, 1.54) is 0 Å². The molecule has 0 aromatic heterocycles. The first kappa shape index (κ1) is 12.4. The first-order valence-corrected chi connectivity index (χ1v) is 3.59. The minimum atomic E-state index is -0.944. The number of methoxy groups -OCH3 is 1. The van der Waals surface area contributed by atoms with Gasteiger partial charge < -0.3 is 19.3 Å². The van der Waals surface area contributed by atoms with E-state index in [0.717, 1.165) is 7.11 Å². The predicted octanol–water partition coefficient (Wildman–Crippen LogP) is -1.76. The van der Waals surface area contributed by atoms with E-state index in [9.17, 15) is 14.4 Å². The molecule has 14 heavy (non-hydrogen) atoms. The average Bonchev–Trinajstić information content (AvgIpc) is 2.22. The van der Waals surface area contributed by atoms with Crippen molar-refractivity contribution in [2.45, 2.75) is 0 Å². The van der Waals surface area contributed by atoms with Gasteiger partial charge in [-0.2, -0.15) is 0 Å². The van der Waals surface area contributed by atoms with E-state index in [1.807, 2.05) is 0 Å². The number of aliphatic hydroxyl groups is 1. The molecule has 0 radical (unpaired) electrons. The van der Waals surface area contributed by atoms with Gasteiger partial charge in [0.25, 0.3) is 0 Å². The van der Waals surface area contributed by atoms with Crippen LogP contribution in [0, 0.1) is 0 Å². The zero-order chi connectivity index (χ0) is 11.0. The van der Waals surface area contributed by atoms with Crippen molar-refractivity contribution in [3.63, 3.8) is 0 Å². The van der Waals surface area contributed by atoms with Crippen LogP contribution in [0.4, 0.5) is 0 Å². The van der Waals surface area contributed by atoms with Gasteiger partial charge in [-0.3, -0.25) is 0 Å². The van der Waals surface area contributed by atoms with E-state index < -0.39 is 37.7 Å². The number of carbonyl (C=O) groups is 3. The zero-order valence-corrected chi connectivity index (χ0v) is 7.52. The molecule has 0 aliphatic rings. The fourth-order valence-corrected chi connectivity index (χ4v) is 0.425. The molecule has 80 valence electrons. The van der Waals surface area contributed by atoms with Crippen LogP contribution in [0.3, 0.4) is 0 Å². The van der Waals surface area contributed by atoms with Crippen molar-refractivity contribution in [2.75, 3.05) is 26.9 Å². The summed E-state index contributed by atoms with van der Waals surface area (Å²) in [4.78, 5) is 31.5. The zero-order valence-electron chi connectivity index (χ0n) is 7.52. The third-order valence-electron chi connectivity index (χ3n) is 1.06. The van der Waals surface area contributed by atoms with Gasteiger partial charge in [0.2, 0.25) is 0 Å². The van der Waals surface area contributed by atoms with Gasteiger partial charge in [0.15, 0.2) is 13.2 Å². The molecule has 0 aromatic rings. The highest BCUT2D eigenvalue weighted by molar-refractivity contribution is 5.79. The van der Waals surface area contributed by atoms with Gasteiger partial charge in [0.05, 0.1) is 7.11 Å². The first-order valence-electron chi connectivity index (χ1n) is 3.59. The van der Waals surface area contributed by atoms with E-state index in [4.69, 9.17) is 5.11 Å². The van der Waals surface area contributed by atoms with Gasteiger partial charge in [-0.1, -0.05) is 0 Å². The maximum atomic E-state index is 10.7. The third kappa shape index (κ3) is 5.95. The SMILES string of the molecule is COC(=O)COC(=O)COC(=O)CO. The summed E-state index contributed by atoms with van der Waals surface area (Å²) in [6.07, 6.45) is 0. The highest BCUT2D eigenvalue weighted by atomic mass is 16.6. The Morgan fingerprint density at radius 2 is 1.50 bits per heavy atom. The number of hydrogen-bond acceptors (Lipinski definition) is 7. The van der Waals surface area contributed by atoms with E-state index in [2.05, 4.69) is 14.2 Å². The molecule has 1 N–H and O–H groups in total. The normalized spacial score (nSPS) is 9.00. The molecule has 0 bridgehead atoms. The Labute approximate surface area is 79.5 Å². The molecule has 0 saturated heterocycles. The van der Waals surface area contributed by atoms with Crippen molar-refractivity contribution in [3.05, 3.63) is 0 Å². The molecule has 0 aromatic carbocycles. The fraction of sp³-hybridized carbons (Fsp3) is 0.571. The highest BCUT2D eigenvalue weighted by Crippen LogP contribution is 1.84. The Morgan fingerprint density at radius 3 is 2.00 bits per heavy atom. The molecule has 0 aliphatic carbocycles. The van der Waals surface area contributed by atoms with E-state index in [1.54, 1.807) is 0 Å². The molecule has 0 spiro atoms. The number of ether oxygens (including phenoxy) is 3. The molecule has 7 nitrogen and oxygen atoms in total. The van der Waals surface area contributed by atoms with Crippen LogP contribution < -0.4 is 0 Å².